The predicted octanol–water partition coefficient (Wildman–Crippen LogP) is 5.64. The Morgan fingerprint density at radius 1 is 1.02 bits per heavy atom. The van der Waals surface area contributed by atoms with E-state index in [4.69, 9.17) is 15.6 Å². The van der Waals surface area contributed by atoms with Gasteiger partial charge in [-0.25, -0.2) is 10.8 Å². The number of likely N-dealkylation sites (tertiary alicyclic amines) is 1. The number of carbonyl (C=O) groups is 4. The molecule has 0 aliphatic carbocycles. The topological polar surface area (TPSA) is 159 Å². The first kappa shape index (κ1) is 45.0. The summed E-state index contributed by atoms with van der Waals surface area (Å²) in [6.07, 6.45) is 6.17. The Morgan fingerprint density at radius 3 is 2.35 bits per heavy atom. The van der Waals surface area contributed by atoms with Gasteiger partial charge in [-0.2, -0.15) is 0 Å². The Kier molecular flexibility index (Phi) is 19.1. The lowest BCUT2D eigenvalue weighted by molar-refractivity contribution is -0.143. The number of nitrogens with zero attached hydrogens (tertiary/aromatic N) is 3. The number of hydrazine groups is 1. The van der Waals surface area contributed by atoms with Gasteiger partial charge in [0.15, 0.2) is 0 Å². The van der Waals surface area contributed by atoms with Crippen LogP contribution in [0.15, 0.2) is 35.7 Å². The first-order valence-electron chi connectivity index (χ1n) is 20.1. The average molecular weight is 770 g/mol. The number of benzene rings is 1. The Hall–Kier alpha value is -3.39. The van der Waals surface area contributed by atoms with Crippen LogP contribution in [0.3, 0.4) is 0 Å². The molecule has 1 aliphatic heterocycles. The van der Waals surface area contributed by atoms with Gasteiger partial charge in [-0.15, -0.1) is 11.3 Å². The number of hydrogen-bond donors (Lipinski definition) is 4. The quantitative estimate of drug-likeness (QED) is 0.0681. The van der Waals surface area contributed by atoms with E-state index in [1.807, 2.05) is 56.1 Å². The summed E-state index contributed by atoms with van der Waals surface area (Å²) >= 11 is 1.37. The fraction of sp³-hybridized carbons (Fsp3) is 0.683. The molecular formula is C41H67N7O5S. The van der Waals surface area contributed by atoms with Crippen LogP contribution in [0.5, 0.6) is 0 Å². The van der Waals surface area contributed by atoms with Crippen LogP contribution < -0.4 is 21.9 Å². The molecule has 0 radical (unpaired) electrons. The molecule has 1 saturated heterocycles. The second-order valence-electron chi connectivity index (χ2n) is 15.4. The van der Waals surface area contributed by atoms with Gasteiger partial charge < -0.3 is 20.3 Å². The molecule has 4 amide bonds. The second-order valence-corrected chi connectivity index (χ2v) is 16.3. The number of nitrogens with one attached hydrogen (secondary N) is 3. The molecule has 3 rings (SSSR count). The third-order valence-corrected chi connectivity index (χ3v) is 11.6. The number of piperidine rings is 1. The highest BCUT2D eigenvalue weighted by atomic mass is 32.1. The van der Waals surface area contributed by atoms with E-state index >= 15 is 0 Å². The number of ether oxygens (including phenoxy) is 1. The predicted molar refractivity (Wildman–Crippen MR) is 216 cm³/mol. The van der Waals surface area contributed by atoms with Gasteiger partial charge >= 0.3 is 0 Å². The molecular weight excluding hydrogens is 703 g/mol. The smallest absolute Gasteiger partial charge is 0.270 e. The summed E-state index contributed by atoms with van der Waals surface area (Å²) < 4.78 is 6.44. The third kappa shape index (κ3) is 13.1. The van der Waals surface area contributed by atoms with Crippen LogP contribution >= 0.6 is 11.3 Å². The molecule has 1 fully saturated rings. The maximum absolute atomic E-state index is 14.6. The van der Waals surface area contributed by atoms with Crippen LogP contribution in [0.2, 0.25) is 0 Å². The minimum atomic E-state index is -0.640. The normalized spacial score (nSPS) is 18.2. The van der Waals surface area contributed by atoms with Crippen LogP contribution in [0.1, 0.15) is 127 Å². The van der Waals surface area contributed by atoms with Crippen molar-refractivity contribution in [1.82, 2.24) is 30.8 Å². The van der Waals surface area contributed by atoms with E-state index in [0.29, 0.717) is 37.4 Å². The summed E-state index contributed by atoms with van der Waals surface area (Å²) in [5.41, 5.74) is 3.53. The summed E-state index contributed by atoms with van der Waals surface area (Å²) in [6.45, 7) is 16.1. The highest BCUT2D eigenvalue weighted by Gasteiger charge is 2.38. The van der Waals surface area contributed by atoms with E-state index < -0.39 is 18.1 Å². The van der Waals surface area contributed by atoms with Crippen molar-refractivity contribution in [3.05, 3.63) is 52.0 Å². The van der Waals surface area contributed by atoms with Crippen LogP contribution in [-0.4, -0.2) is 89.3 Å². The lowest BCUT2D eigenvalue weighted by Gasteiger charge is -2.40. The molecule has 2 heterocycles. The van der Waals surface area contributed by atoms with Crippen molar-refractivity contribution in [3.63, 3.8) is 0 Å². The Morgan fingerprint density at radius 2 is 1.74 bits per heavy atom. The van der Waals surface area contributed by atoms with Crippen molar-refractivity contribution in [2.75, 3.05) is 26.7 Å². The molecule has 2 aromatic rings. The molecule has 12 nitrogen and oxygen atoms in total. The Bertz CT molecular complexity index is 1460. The third-order valence-electron chi connectivity index (χ3n) is 10.7. The number of aromatic nitrogens is 1. The lowest BCUT2D eigenvalue weighted by Crippen LogP contribution is -2.58. The van der Waals surface area contributed by atoms with Crippen molar-refractivity contribution < 1.29 is 23.9 Å². The van der Waals surface area contributed by atoms with Crippen molar-refractivity contribution in [2.45, 2.75) is 137 Å². The number of carbonyl (C=O) groups excluding carboxylic acids is 4. The van der Waals surface area contributed by atoms with Gasteiger partial charge in [0.05, 0.1) is 6.04 Å². The molecule has 54 heavy (non-hydrogen) atoms. The van der Waals surface area contributed by atoms with Gasteiger partial charge in [0.2, 0.25) is 17.7 Å². The number of nitrogens with two attached hydrogens (primary N) is 1. The number of rotatable bonds is 22. The van der Waals surface area contributed by atoms with E-state index in [1.54, 1.807) is 12.3 Å². The first-order valence-corrected chi connectivity index (χ1v) is 21.0. The Balaban J connectivity index is 1.86. The summed E-state index contributed by atoms with van der Waals surface area (Å²) in [4.78, 5) is 63.1. The fourth-order valence-electron chi connectivity index (χ4n) is 7.24. The van der Waals surface area contributed by atoms with E-state index in [2.05, 4.69) is 48.7 Å². The van der Waals surface area contributed by atoms with E-state index in [0.717, 1.165) is 50.6 Å². The lowest BCUT2D eigenvalue weighted by atomic mass is 9.92. The Labute approximate surface area is 327 Å². The molecule has 0 spiro atoms. The molecule has 7 atom stereocenters. The molecule has 1 aromatic heterocycles. The number of thiazole rings is 1. The second kappa shape index (κ2) is 22.9. The molecule has 0 bridgehead atoms. The zero-order chi connectivity index (χ0) is 39.8. The van der Waals surface area contributed by atoms with E-state index in [9.17, 15) is 19.2 Å². The SMILES string of the molecule is CCCO[C@H](CC(C(C)C)N(CCC)C(=O)[C@@H](NC(=O)[C@H]1CCCCN1C)[C@@H](C)CC)c1nc(C(=O)N[C@@H](Cc2ccccc2)C[C@H](C)C(=O)NN)cs1. The van der Waals surface area contributed by atoms with Gasteiger partial charge in [-0.1, -0.05) is 91.6 Å². The van der Waals surface area contributed by atoms with E-state index in [-0.39, 0.29) is 59.3 Å². The zero-order valence-corrected chi connectivity index (χ0v) is 34.8. The van der Waals surface area contributed by atoms with Gasteiger partial charge in [0.25, 0.3) is 5.91 Å². The summed E-state index contributed by atoms with van der Waals surface area (Å²) in [6, 6.07) is 8.42. The molecule has 302 valence electrons. The number of likely N-dealkylation sites (N-methyl/N-ethyl adjacent to an activating group) is 1. The average Bonchev–Trinajstić information content (AvgIpc) is 3.66. The summed E-state index contributed by atoms with van der Waals surface area (Å²) in [5, 5.41) is 8.74. The monoisotopic (exact) mass is 769 g/mol. The standard InChI is InChI=1S/C41H67N7O5S/c1-9-20-48(41(52)36(28(6)11-3)45-39(51)33-19-15-16-21-47(33)8)34(27(4)5)25-35(53-22-10-2)40-44-32(26-54-40)38(50)43-31(23-29(7)37(49)46-42)24-30-17-13-12-14-18-30/h12-14,17-18,26-29,31,33-36H,9-11,15-16,19-25,42H2,1-8H3,(H,43,50)(H,45,51)(H,46,49)/t28-,29-,31+,33+,34?,35+,36-/m0/s1. The summed E-state index contributed by atoms with van der Waals surface area (Å²) in [7, 11) is 1.98. The van der Waals surface area contributed by atoms with Crippen LogP contribution in [0.4, 0.5) is 0 Å². The van der Waals surface area contributed by atoms with E-state index in [1.165, 1.54) is 11.3 Å². The van der Waals surface area contributed by atoms with Gasteiger partial charge in [0, 0.05) is 43.0 Å². The van der Waals surface area contributed by atoms with Gasteiger partial charge in [0.1, 0.15) is 22.8 Å². The fourth-order valence-corrected chi connectivity index (χ4v) is 8.10. The highest BCUT2D eigenvalue weighted by molar-refractivity contribution is 7.09. The summed E-state index contributed by atoms with van der Waals surface area (Å²) in [5.74, 6) is 4.27. The van der Waals surface area contributed by atoms with Crippen LogP contribution in [0, 0.1) is 17.8 Å². The van der Waals surface area contributed by atoms with Crippen molar-refractivity contribution >= 4 is 35.0 Å². The minimum Gasteiger partial charge on any atom is -0.371 e. The van der Waals surface area contributed by atoms with Crippen molar-refractivity contribution in [1.29, 1.82) is 0 Å². The van der Waals surface area contributed by atoms with Crippen molar-refractivity contribution in [2.24, 2.45) is 23.6 Å². The van der Waals surface area contributed by atoms with Crippen LogP contribution in [0.25, 0.3) is 0 Å². The first-order chi connectivity index (χ1) is 25.8. The highest BCUT2D eigenvalue weighted by Crippen LogP contribution is 2.32. The maximum Gasteiger partial charge on any atom is 0.270 e. The zero-order valence-electron chi connectivity index (χ0n) is 33.9. The van der Waals surface area contributed by atoms with Crippen molar-refractivity contribution in [3.8, 4) is 0 Å². The minimum absolute atomic E-state index is 0.0481. The largest absolute Gasteiger partial charge is 0.371 e. The molecule has 1 aliphatic rings. The molecule has 0 saturated carbocycles. The molecule has 1 aromatic carbocycles. The van der Waals surface area contributed by atoms with Crippen LogP contribution in [-0.2, 0) is 25.5 Å². The number of hydrogen-bond acceptors (Lipinski definition) is 9. The van der Waals surface area contributed by atoms with Gasteiger partial charge in [-0.05, 0) is 69.5 Å². The molecule has 5 N–H and O–H groups in total. The molecule has 1 unspecified atom stereocenters. The number of amides is 4. The maximum atomic E-state index is 14.6. The molecule has 13 heteroatoms. The van der Waals surface area contributed by atoms with Gasteiger partial charge in [-0.3, -0.25) is 29.5 Å².